The Labute approximate surface area is 109 Å². The molecule has 0 saturated heterocycles. The fourth-order valence-electron chi connectivity index (χ4n) is 1.73. The van der Waals surface area contributed by atoms with Gasteiger partial charge >= 0.3 is 0 Å². The number of nitrogens with zero attached hydrogens (tertiary/aromatic N) is 2. The number of aliphatic hydroxyl groups excluding tert-OH is 1. The lowest BCUT2D eigenvalue weighted by molar-refractivity contribution is 0.155. The molecule has 1 aromatic heterocycles. The monoisotopic (exact) mass is 294 g/mol. The smallest absolute Gasteiger partial charge is 0.0969 e. The average molecular weight is 295 g/mol. The van der Waals surface area contributed by atoms with Crippen molar-refractivity contribution in [3.05, 3.63) is 52.0 Å². The van der Waals surface area contributed by atoms with Gasteiger partial charge < -0.3 is 9.67 Å². The van der Waals surface area contributed by atoms with Gasteiger partial charge in [-0.1, -0.05) is 28.1 Å². The second kappa shape index (κ2) is 5.02. The van der Waals surface area contributed by atoms with Crippen LogP contribution in [0.2, 0.25) is 0 Å². The van der Waals surface area contributed by atoms with E-state index in [4.69, 9.17) is 0 Å². The molecule has 0 fully saturated rings. The summed E-state index contributed by atoms with van der Waals surface area (Å²) in [6.07, 6.45) is 1.26. The van der Waals surface area contributed by atoms with Gasteiger partial charge in [-0.05, 0) is 31.5 Å². The topological polar surface area (TPSA) is 38.0 Å². The van der Waals surface area contributed by atoms with Crippen LogP contribution in [-0.2, 0) is 6.54 Å². The van der Waals surface area contributed by atoms with Gasteiger partial charge in [-0.2, -0.15) is 0 Å². The Kier molecular flexibility index (Phi) is 3.64. The van der Waals surface area contributed by atoms with E-state index in [0.29, 0.717) is 6.54 Å². The largest absolute Gasteiger partial charge is 0.387 e. The van der Waals surface area contributed by atoms with Gasteiger partial charge in [0, 0.05) is 10.2 Å². The molecule has 4 heteroatoms. The number of aryl methyl sites for hydroxylation is 1. The highest BCUT2D eigenvalue weighted by Crippen LogP contribution is 2.20. The average Bonchev–Trinajstić information content (AvgIpc) is 2.61. The first-order valence-corrected chi connectivity index (χ1v) is 6.29. The van der Waals surface area contributed by atoms with Crippen molar-refractivity contribution in [3.8, 4) is 0 Å². The Morgan fingerprint density at radius 2 is 2.18 bits per heavy atom. The van der Waals surface area contributed by atoms with Gasteiger partial charge in [0.15, 0.2) is 0 Å². The van der Waals surface area contributed by atoms with Gasteiger partial charge in [0.1, 0.15) is 0 Å². The molecule has 17 heavy (non-hydrogen) atoms. The summed E-state index contributed by atoms with van der Waals surface area (Å²) in [5, 5.41) is 10.2. The van der Waals surface area contributed by atoms with Crippen LogP contribution in [0.5, 0.6) is 0 Å². The Morgan fingerprint density at radius 3 is 2.76 bits per heavy atom. The van der Waals surface area contributed by atoms with Gasteiger partial charge in [-0.25, -0.2) is 4.98 Å². The van der Waals surface area contributed by atoms with E-state index >= 15 is 0 Å². The number of aliphatic hydroxyl groups is 1. The van der Waals surface area contributed by atoms with Crippen molar-refractivity contribution < 1.29 is 5.11 Å². The molecule has 1 heterocycles. The molecule has 1 atom stereocenters. The van der Waals surface area contributed by atoms with E-state index in [0.717, 1.165) is 21.4 Å². The van der Waals surface area contributed by atoms with Gasteiger partial charge in [-0.15, -0.1) is 0 Å². The maximum Gasteiger partial charge on any atom is 0.0969 e. The summed E-state index contributed by atoms with van der Waals surface area (Å²) in [4.78, 5) is 4.22. The van der Waals surface area contributed by atoms with E-state index in [1.807, 2.05) is 42.7 Å². The molecule has 90 valence electrons. The predicted octanol–water partition coefficient (Wildman–Crippen LogP) is 3.00. The molecule has 1 unspecified atom stereocenters. The zero-order valence-electron chi connectivity index (χ0n) is 9.89. The number of rotatable bonds is 3. The van der Waals surface area contributed by atoms with Crippen LogP contribution in [0.25, 0.3) is 0 Å². The Balaban J connectivity index is 2.17. The first kappa shape index (κ1) is 12.3. The number of halogens is 1. The van der Waals surface area contributed by atoms with Crippen molar-refractivity contribution in [2.45, 2.75) is 26.5 Å². The van der Waals surface area contributed by atoms with Crippen molar-refractivity contribution in [3.63, 3.8) is 0 Å². The summed E-state index contributed by atoms with van der Waals surface area (Å²) in [6, 6.07) is 7.73. The number of hydrogen-bond acceptors (Lipinski definition) is 2. The molecule has 0 aliphatic rings. The predicted molar refractivity (Wildman–Crippen MR) is 70.8 cm³/mol. The van der Waals surface area contributed by atoms with Crippen LogP contribution in [0.15, 0.2) is 35.1 Å². The Morgan fingerprint density at radius 1 is 1.41 bits per heavy atom. The minimum absolute atomic E-state index is 0.514. The second-order valence-corrected chi connectivity index (χ2v) is 5.05. The summed E-state index contributed by atoms with van der Waals surface area (Å²) < 4.78 is 2.95. The minimum Gasteiger partial charge on any atom is -0.387 e. The van der Waals surface area contributed by atoms with E-state index in [-0.39, 0.29) is 0 Å². The minimum atomic E-state index is -0.514. The van der Waals surface area contributed by atoms with E-state index in [9.17, 15) is 5.11 Å². The molecule has 0 amide bonds. The zero-order valence-corrected chi connectivity index (χ0v) is 11.5. The van der Waals surface area contributed by atoms with Crippen molar-refractivity contribution in [1.29, 1.82) is 0 Å². The van der Waals surface area contributed by atoms with E-state index < -0.39 is 6.10 Å². The highest BCUT2D eigenvalue weighted by molar-refractivity contribution is 9.10. The van der Waals surface area contributed by atoms with E-state index in [2.05, 4.69) is 20.9 Å². The summed E-state index contributed by atoms with van der Waals surface area (Å²) in [5.41, 5.74) is 3.01. The number of aromatic nitrogens is 2. The number of hydrogen-bond donors (Lipinski definition) is 1. The van der Waals surface area contributed by atoms with Crippen molar-refractivity contribution >= 4 is 15.9 Å². The first-order valence-electron chi connectivity index (χ1n) is 5.50. The Bertz CT molecular complexity index is 522. The molecule has 3 nitrogen and oxygen atoms in total. The summed E-state index contributed by atoms with van der Waals surface area (Å²) in [5.74, 6) is 0. The molecular weight excluding hydrogens is 280 g/mol. The Hall–Kier alpha value is -1.13. The van der Waals surface area contributed by atoms with Crippen molar-refractivity contribution in [2.75, 3.05) is 0 Å². The maximum atomic E-state index is 10.2. The van der Waals surface area contributed by atoms with Crippen LogP contribution in [0.3, 0.4) is 0 Å². The second-order valence-electron chi connectivity index (χ2n) is 4.14. The van der Waals surface area contributed by atoms with E-state index in [1.165, 1.54) is 0 Å². The maximum absolute atomic E-state index is 10.2. The molecule has 0 bridgehead atoms. The van der Waals surface area contributed by atoms with Crippen LogP contribution in [-0.4, -0.2) is 14.7 Å². The molecule has 0 saturated carbocycles. The molecule has 0 radical (unpaired) electrons. The lowest BCUT2D eigenvalue weighted by Gasteiger charge is -2.13. The molecule has 2 aromatic rings. The molecule has 0 aliphatic heterocycles. The molecule has 1 aromatic carbocycles. The quantitative estimate of drug-likeness (QED) is 0.945. The van der Waals surface area contributed by atoms with Crippen LogP contribution >= 0.6 is 15.9 Å². The molecule has 2 rings (SSSR count). The van der Waals surface area contributed by atoms with Crippen LogP contribution in [0, 0.1) is 13.8 Å². The van der Waals surface area contributed by atoms with Crippen molar-refractivity contribution in [2.24, 2.45) is 0 Å². The SMILES string of the molecule is Cc1ncn(CC(O)c2cccc(Br)c2)c1C. The summed E-state index contributed by atoms with van der Waals surface area (Å²) >= 11 is 3.40. The fourth-order valence-corrected chi connectivity index (χ4v) is 2.15. The van der Waals surface area contributed by atoms with Gasteiger partial charge in [0.05, 0.1) is 24.7 Å². The standard InChI is InChI=1S/C13H15BrN2O/c1-9-10(2)16(8-15-9)7-13(17)11-4-3-5-12(14)6-11/h3-6,8,13,17H,7H2,1-2H3. The van der Waals surface area contributed by atoms with Crippen molar-refractivity contribution in [1.82, 2.24) is 9.55 Å². The third-order valence-electron chi connectivity index (χ3n) is 2.95. The highest BCUT2D eigenvalue weighted by atomic mass is 79.9. The fraction of sp³-hybridized carbons (Fsp3) is 0.308. The third kappa shape index (κ3) is 2.76. The van der Waals surface area contributed by atoms with Crippen LogP contribution in [0.1, 0.15) is 23.1 Å². The lowest BCUT2D eigenvalue weighted by atomic mass is 10.1. The molecule has 0 aliphatic carbocycles. The molecule has 0 spiro atoms. The van der Waals surface area contributed by atoms with Crippen LogP contribution < -0.4 is 0 Å². The molecule has 1 N–H and O–H groups in total. The normalized spacial score (nSPS) is 12.7. The zero-order chi connectivity index (χ0) is 12.4. The van der Waals surface area contributed by atoms with Gasteiger partial charge in [0.25, 0.3) is 0 Å². The molecular formula is C13H15BrN2O. The van der Waals surface area contributed by atoms with E-state index in [1.54, 1.807) is 6.33 Å². The third-order valence-corrected chi connectivity index (χ3v) is 3.44. The van der Waals surface area contributed by atoms with Crippen LogP contribution in [0.4, 0.5) is 0 Å². The van der Waals surface area contributed by atoms with Gasteiger partial charge in [-0.3, -0.25) is 0 Å². The highest BCUT2D eigenvalue weighted by Gasteiger charge is 2.11. The lowest BCUT2D eigenvalue weighted by Crippen LogP contribution is -2.09. The first-order chi connectivity index (χ1) is 8.08. The summed E-state index contributed by atoms with van der Waals surface area (Å²) in [6.45, 7) is 4.51. The summed E-state index contributed by atoms with van der Waals surface area (Å²) in [7, 11) is 0. The van der Waals surface area contributed by atoms with Gasteiger partial charge in [0.2, 0.25) is 0 Å². The number of benzene rings is 1. The number of imidazole rings is 1.